The Hall–Kier alpha value is -2.22. The van der Waals surface area contributed by atoms with Gasteiger partial charge in [0.25, 0.3) is 0 Å². The molecule has 1 unspecified atom stereocenters. The molecule has 2 aromatic rings. The van der Waals surface area contributed by atoms with Gasteiger partial charge in [0.15, 0.2) is 0 Å². The molecule has 24 heavy (non-hydrogen) atoms. The molecular formula is C16H20N4O3S. The highest BCUT2D eigenvalue weighted by atomic mass is 32.2. The van der Waals surface area contributed by atoms with Crippen LogP contribution in [-0.2, 0) is 21.2 Å². The number of hydrogen-bond acceptors (Lipinski definition) is 5. The lowest BCUT2D eigenvalue weighted by Crippen LogP contribution is -2.35. The Morgan fingerprint density at radius 2 is 2.04 bits per heavy atom. The van der Waals surface area contributed by atoms with E-state index in [-0.39, 0.29) is 18.2 Å². The topological polar surface area (TPSA) is 94.0 Å². The van der Waals surface area contributed by atoms with Gasteiger partial charge in [-0.1, -0.05) is 35.5 Å². The number of sulfone groups is 1. The van der Waals surface area contributed by atoms with Crippen LogP contribution in [0.1, 0.15) is 36.1 Å². The maximum Gasteiger partial charge on any atom is 0.242 e. The summed E-state index contributed by atoms with van der Waals surface area (Å²) < 4.78 is 24.8. The van der Waals surface area contributed by atoms with Gasteiger partial charge in [-0.3, -0.25) is 4.79 Å². The smallest absolute Gasteiger partial charge is 0.242 e. The molecular weight excluding hydrogens is 328 g/mol. The van der Waals surface area contributed by atoms with E-state index in [1.165, 1.54) is 4.68 Å². The molecule has 0 aliphatic heterocycles. The summed E-state index contributed by atoms with van der Waals surface area (Å²) in [7, 11) is -3.24. The van der Waals surface area contributed by atoms with Crippen molar-refractivity contribution in [2.75, 3.05) is 12.0 Å². The summed E-state index contributed by atoms with van der Waals surface area (Å²) in [5.74, 6) is 0.0387. The number of nitrogens with one attached hydrogen (secondary N) is 1. The Morgan fingerprint density at radius 3 is 2.67 bits per heavy atom. The van der Waals surface area contributed by atoms with Crippen LogP contribution in [0.5, 0.6) is 0 Å². The molecule has 1 aliphatic carbocycles. The highest BCUT2D eigenvalue weighted by Gasteiger charge is 2.27. The first-order valence-corrected chi connectivity index (χ1v) is 9.89. The van der Waals surface area contributed by atoms with E-state index in [0.29, 0.717) is 5.92 Å². The van der Waals surface area contributed by atoms with Gasteiger partial charge in [0.05, 0.1) is 17.5 Å². The van der Waals surface area contributed by atoms with Crippen LogP contribution < -0.4 is 5.32 Å². The van der Waals surface area contributed by atoms with Gasteiger partial charge in [0.1, 0.15) is 16.4 Å². The third-order valence-electron chi connectivity index (χ3n) is 3.86. The molecule has 1 saturated carbocycles. The van der Waals surface area contributed by atoms with Crippen molar-refractivity contribution in [3.63, 3.8) is 0 Å². The normalized spacial score (nSPS) is 15.9. The number of hydrogen-bond donors (Lipinski definition) is 1. The van der Waals surface area contributed by atoms with E-state index in [4.69, 9.17) is 0 Å². The van der Waals surface area contributed by atoms with Gasteiger partial charge in [-0.2, -0.15) is 0 Å². The van der Waals surface area contributed by atoms with Crippen molar-refractivity contribution in [2.45, 2.75) is 31.3 Å². The number of carbonyl (C=O) groups excluding carboxylic acids is 1. The van der Waals surface area contributed by atoms with Crippen LogP contribution in [0.3, 0.4) is 0 Å². The van der Waals surface area contributed by atoms with E-state index < -0.39 is 15.9 Å². The van der Waals surface area contributed by atoms with Gasteiger partial charge in [-0.05, 0) is 18.4 Å². The van der Waals surface area contributed by atoms with Crippen molar-refractivity contribution in [3.8, 4) is 0 Å². The van der Waals surface area contributed by atoms with Crippen LogP contribution in [0.15, 0.2) is 36.5 Å². The zero-order valence-corrected chi connectivity index (χ0v) is 14.2. The number of amides is 1. The highest BCUT2D eigenvalue weighted by molar-refractivity contribution is 7.90. The first-order valence-electron chi connectivity index (χ1n) is 7.83. The van der Waals surface area contributed by atoms with Crippen LogP contribution in [0.2, 0.25) is 0 Å². The van der Waals surface area contributed by atoms with Gasteiger partial charge in [0, 0.05) is 18.4 Å². The monoisotopic (exact) mass is 348 g/mol. The zero-order valence-electron chi connectivity index (χ0n) is 13.4. The summed E-state index contributed by atoms with van der Waals surface area (Å²) in [4.78, 5) is 12.3. The molecule has 1 atom stereocenters. The third kappa shape index (κ3) is 4.64. The minimum absolute atomic E-state index is 0.0207. The highest BCUT2D eigenvalue weighted by Crippen LogP contribution is 2.38. The van der Waals surface area contributed by atoms with Gasteiger partial charge in [-0.25, -0.2) is 13.1 Å². The lowest BCUT2D eigenvalue weighted by Gasteiger charge is -2.18. The predicted octanol–water partition coefficient (Wildman–Crippen LogP) is 1.06. The first kappa shape index (κ1) is 16.6. The van der Waals surface area contributed by atoms with Crippen molar-refractivity contribution < 1.29 is 13.2 Å². The standard InChI is InChI=1S/C16H20N4O3S/c1-24(22,23)11-15(12-5-3-2-4-6-12)17-16(21)10-20-9-14(18-19-20)13-7-8-13/h2-6,9,13,15H,7-8,10-11H2,1H3,(H,17,21). The lowest BCUT2D eigenvalue weighted by molar-refractivity contribution is -0.122. The quantitative estimate of drug-likeness (QED) is 0.807. The summed E-state index contributed by atoms with van der Waals surface area (Å²) in [6, 6.07) is 8.50. The molecule has 8 heteroatoms. The molecule has 1 amide bonds. The van der Waals surface area contributed by atoms with Crippen molar-refractivity contribution >= 4 is 15.7 Å². The molecule has 128 valence electrons. The van der Waals surface area contributed by atoms with E-state index in [2.05, 4.69) is 15.6 Å². The number of benzene rings is 1. The second-order valence-corrected chi connectivity index (χ2v) is 8.42. The Morgan fingerprint density at radius 1 is 1.33 bits per heavy atom. The maximum absolute atomic E-state index is 12.3. The Bertz CT molecular complexity index is 813. The van der Waals surface area contributed by atoms with Gasteiger partial charge in [0.2, 0.25) is 5.91 Å². The first-order chi connectivity index (χ1) is 11.4. The maximum atomic E-state index is 12.3. The van der Waals surface area contributed by atoms with E-state index in [0.717, 1.165) is 30.4 Å². The molecule has 1 heterocycles. The third-order valence-corrected chi connectivity index (χ3v) is 4.80. The summed E-state index contributed by atoms with van der Waals surface area (Å²) in [5, 5.41) is 10.8. The zero-order chi connectivity index (χ0) is 17.2. The predicted molar refractivity (Wildman–Crippen MR) is 89.0 cm³/mol. The molecule has 1 aromatic heterocycles. The Balaban J connectivity index is 1.67. The van der Waals surface area contributed by atoms with Crippen LogP contribution in [0.25, 0.3) is 0 Å². The molecule has 0 bridgehead atoms. The van der Waals surface area contributed by atoms with Gasteiger partial charge in [-0.15, -0.1) is 5.10 Å². The largest absolute Gasteiger partial charge is 0.347 e. The molecule has 1 aliphatic rings. The minimum Gasteiger partial charge on any atom is -0.347 e. The SMILES string of the molecule is CS(=O)(=O)CC(NC(=O)Cn1cc(C2CC2)nn1)c1ccccc1. The molecule has 0 radical (unpaired) electrons. The van der Waals surface area contributed by atoms with E-state index in [9.17, 15) is 13.2 Å². The fourth-order valence-corrected chi connectivity index (χ4v) is 3.43. The molecule has 0 saturated heterocycles. The minimum atomic E-state index is -3.24. The fourth-order valence-electron chi connectivity index (χ4n) is 2.55. The van der Waals surface area contributed by atoms with Crippen LogP contribution in [-0.4, -0.2) is 41.3 Å². The summed E-state index contributed by atoms with van der Waals surface area (Å²) >= 11 is 0. The van der Waals surface area contributed by atoms with Gasteiger partial charge >= 0.3 is 0 Å². The number of carbonyl (C=O) groups is 1. The van der Waals surface area contributed by atoms with Gasteiger partial charge < -0.3 is 5.32 Å². The number of aromatic nitrogens is 3. The number of rotatable bonds is 7. The molecule has 1 aromatic carbocycles. The average Bonchev–Trinajstić information content (AvgIpc) is 3.27. The Kier molecular flexibility index (Phi) is 4.66. The van der Waals surface area contributed by atoms with Crippen molar-refractivity contribution in [1.29, 1.82) is 0 Å². The summed E-state index contributed by atoms with van der Waals surface area (Å²) in [6.45, 7) is 0.0207. The number of nitrogens with zero attached hydrogens (tertiary/aromatic N) is 3. The molecule has 1 fully saturated rings. The lowest BCUT2D eigenvalue weighted by atomic mass is 10.1. The van der Waals surface area contributed by atoms with E-state index in [1.54, 1.807) is 18.3 Å². The van der Waals surface area contributed by atoms with Crippen molar-refractivity contribution in [2.24, 2.45) is 0 Å². The molecule has 7 nitrogen and oxygen atoms in total. The summed E-state index contributed by atoms with van der Waals surface area (Å²) in [5.41, 5.74) is 1.67. The fraction of sp³-hybridized carbons (Fsp3) is 0.438. The van der Waals surface area contributed by atoms with Crippen LogP contribution >= 0.6 is 0 Å². The van der Waals surface area contributed by atoms with E-state index in [1.807, 2.05) is 18.2 Å². The molecule has 1 N–H and O–H groups in total. The summed E-state index contributed by atoms with van der Waals surface area (Å²) in [6.07, 6.45) is 5.18. The van der Waals surface area contributed by atoms with Crippen molar-refractivity contribution in [1.82, 2.24) is 20.3 Å². The van der Waals surface area contributed by atoms with Crippen LogP contribution in [0, 0.1) is 0 Å². The molecule has 0 spiro atoms. The Labute approximate surface area is 141 Å². The van der Waals surface area contributed by atoms with Crippen molar-refractivity contribution in [3.05, 3.63) is 47.8 Å². The second-order valence-electron chi connectivity index (χ2n) is 6.24. The second kappa shape index (κ2) is 6.72. The van der Waals surface area contributed by atoms with Crippen LogP contribution in [0.4, 0.5) is 0 Å². The average molecular weight is 348 g/mol. The molecule has 3 rings (SSSR count). The van der Waals surface area contributed by atoms with E-state index >= 15 is 0 Å².